The first-order valence-corrected chi connectivity index (χ1v) is 8.78. The van der Waals surface area contributed by atoms with Crippen LogP contribution in [0.3, 0.4) is 0 Å². The molecule has 0 radical (unpaired) electrons. The third kappa shape index (κ3) is 3.52. The zero-order chi connectivity index (χ0) is 16.6. The van der Waals surface area contributed by atoms with Crippen molar-refractivity contribution in [3.05, 3.63) is 62.4 Å². The molecule has 0 aliphatic carbocycles. The van der Waals surface area contributed by atoms with Crippen LogP contribution in [0.4, 0.5) is 10.8 Å². The summed E-state index contributed by atoms with van der Waals surface area (Å²) in [7, 11) is 0. The van der Waals surface area contributed by atoms with Crippen molar-refractivity contribution in [3.8, 4) is 11.3 Å². The summed E-state index contributed by atoms with van der Waals surface area (Å²) >= 11 is 13.8. The van der Waals surface area contributed by atoms with E-state index in [1.54, 1.807) is 23.5 Å². The lowest BCUT2D eigenvalue weighted by molar-refractivity contribution is 1.31. The van der Waals surface area contributed by atoms with Crippen LogP contribution in [0, 0.1) is 20.8 Å². The molecule has 0 aliphatic heterocycles. The predicted octanol–water partition coefficient (Wildman–Crippen LogP) is 6.79. The van der Waals surface area contributed by atoms with Crippen LogP contribution in [0.5, 0.6) is 0 Å². The number of nitrogens with zero attached hydrogens (tertiary/aromatic N) is 1. The van der Waals surface area contributed by atoms with Crippen LogP contribution in [-0.4, -0.2) is 4.98 Å². The van der Waals surface area contributed by atoms with E-state index in [1.165, 1.54) is 21.6 Å². The summed E-state index contributed by atoms with van der Waals surface area (Å²) in [5, 5.41) is 5.30. The van der Waals surface area contributed by atoms with Gasteiger partial charge in [0.1, 0.15) is 0 Å². The van der Waals surface area contributed by atoms with Crippen molar-refractivity contribution >= 4 is 45.4 Å². The zero-order valence-electron chi connectivity index (χ0n) is 13.1. The molecule has 1 heterocycles. The number of anilines is 2. The highest BCUT2D eigenvalue weighted by Crippen LogP contribution is 2.35. The Morgan fingerprint density at radius 3 is 2.48 bits per heavy atom. The van der Waals surface area contributed by atoms with E-state index < -0.39 is 0 Å². The monoisotopic (exact) mass is 362 g/mol. The Labute approximate surface area is 150 Å². The van der Waals surface area contributed by atoms with Crippen LogP contribution in [-0.2, 0) is 0 Å². The molecule has 3 aromatic rings. The molecular weight excluding hydrogens is 347 g/mol. The Balaban J connectivity index is 1.94. The average molecular weight is 363 g/mol. The Bertz CT molecular complexity index is 871. The Morgan fingerprint density at radius 2 is 1.78 bits per heavy atom. The van der Waals surface area contributed by atoms with E-state index in [0.29, 0.717) is 10.0 Å². The normalized spacial score (nSPS) is 10.8. The number of halogens is 2. The number of thiazole rings is 1. The first kappa shape index (κ1) is 16.3. The van der Waals surface area contributed by atoms with Crippen LogP contribution in [0.2, 0.25) is 10.0 Å². The molecule has 1 N–H and O–H groups in total. The molecule has 118 valence electrons. The molecule has 0 bridgehead atoms. The Morgan fingerprint density at radius 1 is 1.00 bits per heavy atom. The summed E-state index contributed by atoms with van der Waals surface area (Å²) in [6.45, 7) is 6.30. The van der Waals surface area contributed by atoms with Crippen molar-refractivity contribution in [2.75, 3.05) is 5.32 Å². The molecule has 0 unspecified atom stereocenters. The van der Waals surface area contributed by atoms with Crippen LogP contribution < -0.4 is 5.32 Å². The first-order chi connectivity index (χ1) is 10.9. The molecule has 23 heavy (non-hydrogen) atoms. The minimum absolute atomic E-state index is 0.582. The summed E-state index contributed by atoms with van der Waals surface area (Å²) < 4.78 is 0. The zero-order valence-corrected chi connectivity index (χ0v) is 15.4. The van der Waals surface area contributed by atoms with E-state index in [9.17, 15) is 0 Å². The second kappa shape index (κ2) is 6.52. The van der Waals surface area contributed by atoms with Crippen LogP contribution >= 0.6 is 34.5 Å². The molecule has 0 fully saturated rings. The molecule has 0 atom stereocenters. The van der Waals surface area contributed by atoms with E-state index in [4.69, 9.17) is 28.2 Å². The van der Waals surface area contributed by atoms with Crippen molar-refractivity contribution in [1.29, 1.82) is 0 Å². The van der Waals surface area contributed by atoms with Gasteiger partial charge in [0.05, 0.1) is 16.4 Å². The lowest BCUT2D eigenvalue weighted by Gasteiger charge is -2.06. The van der Waals surface area contributed by atoms with E-state index >= 15 is 0 Å². The van der Waals surface area contributed by atoms with Crippen LogP contribution in [0.1, 0.15) is 16.0 Å². The third-order valence-electron chi connectivity index (χ3n) is 3.61. The SMILES string of the molecule is Cc1ccc(-c2nc(Nc3ccc(Cl)cc3Cl)sc2C)c(C)c1. The molecule has 0 aliphatic rings. The maximum absolute atomic E-state index is 6.22. The van der Waals surface area contributed by atoms with Gasteiger partial charge < -0.3 is 5.32 Å². The minimum atomic E-state index is 0.582. The lowest BCUT2D eigenvalue weighted by atomic mass is 10.0. The maximum atomic E-state index is 6.22. The molecule has 0 saturated carbocycles. The van der Waals surface area contributed by atoms with Gasteiger partial charge in [0, 0.05) is 15.5 Å². The summed E-state index contributed by atoms with van der Waals surface area (Å²) in [6, 6.07) is 11.8. The van der Waals surface area contributed by atoms with Crippen molar-refractivity contribution in [2.24, 2.45) is 0 Å². The van der Waals surface area contributed by atoms with Gasteiger partial charge in [-0.05, 0) is 44.5 Å². The van der Waals surface area contributed by atoms with Gasteiger partial charge in [0.25, 0.3) is 0 Å². The van der Waals surface area contributed by atoms with Crippen molar-refractivity contribution in [3.63, 3.8) is 0 Å². The third-order valence-corrected chi connectivity index (χ3v) is 5.04. The molecule has 5 heteroatoms. The summed E-state index contributed by atoms with van der Waals surface area (Å²) in [6.07, 6.45) is 0. The molecule has 0 spiro atoms. The van der Waals surface area contributed by atoms with Gasteiger partial charge in [-0.15, -0.1) is 11.3 Å². The van der Waals surface area contributed by atoms with Gasteiger partial charge in [0.2, 0.25) is 0 Å². The standard InChI is InChI=1S/C18H16Cl2N2S/c1-10-4-6-14(11(2)8-10)17-12(3)23-18(22-17)21-16-7-5-13(19)9-15(16)20/h4-9H,1-3H3,(H,21,22). The van der Waals surface area contributed by atoms with Crippen molar-refractivity contribution in [2.45, 2.75) is 20.8 Å². The van der Waals surface area contributed by atoms with Crippen molar-refractivity contribution < 1.29 is 0 Å². The molecule has 2 nitrogen and oxygen atoms in total. The van der Waals surface area contributed by atoms with Gasteiger partial charge in [0.15, 0.2) is 5.13 Å². The van der Waals surface area contributed by atoms with Gasteiger partial charge in [-0.2, -0.15) is 0 Å². The highest BCUT2D eigenvalue weighted by atomic mass is 35.5. The van der Waals surface area contributed by atoms with Gasteiger partial charge in [-0.3, -0.25) is 0 Å². The minimum Gasteiger partial charge on any atom is -0.330 e. The smallest absolute Gasteiger partial charge is 0.188 e. The second-order valence-corrected chi connectivity index (χ2v) is 7.54. The van der Waals surface area contributed by atoms with E-state index in [1.807, 2.05) is 6.07 Å². The predicted molar refractivity (Wildman–Crippen MR) is 102 cm³/mol. The number of nitrogens with one attached hydrogen (secondary N) is 1. The summed E-state index contributed by atoms with van der Waals surface area (Å²) in [5.74, 6) is 0. The number of hydrogen-bond acceptors (Lipinski definition) is 3. The average Bonchev–Trinajstić information content (AvgIpc) is 2.83. The Hall–Kier alpha value is -1.55. The quantitative estimate of drug-likeness (QED) is 0.554. The van der Waals surface area contributed by atoms with E-state index in [-0.39, 0.29) is 0 Å². The number of rotatable bonds is 3. The molecule has 1 aromatic heterocycles. The molecule has 3 rings (SSSR count). The van der Waals surface area contributed by atoms with Gasteiger partial charge in [-0.25, -0.2) is 4.98 Å². The molecule has 2 aromatic carbocycles. The van der Waals surface area contributed by atoms with Gasteiger partial charge >= 0.3 is 0 Å². The van der Waals surface area contributed by atoms with E-state index in [0.717, 1.165) is 16.5 Å². The topological polar surface area (TPSA) is 24.9 Å². The second-order valence-electron chi connectivity index (χ2n) is 5.49. The largest absolute Gasteiger partial charge is 0.330 e. The highest BCUT2D eigenvalue weighted by molar-refractivity contribution is 7.16. The van der Waals surface area contributed by atoms with Crippen LogP contribution in [0.15, 0.2) is 36.4 Å². The first-order valence-electron chi connectivity index (χ1n) is 7.21. The molecule has 0 amide bonds. The fourth-order valence-electron chi connectivity index (χ4n) is 2.49. The number of hydrogen-bond donors (Lipinski definition) is 1. The highest BCUT2D eigenvalue weighted by Gasteiger charge is 2.13. The Kier molecular flexibility index (Phi) is 4.62. The molecule has 0 saturated heterocycles. The summed E-state index contributed by atoms with van der Waals surface area (Å²) in [5.41, 5.74) is 5.47. The van der Waals surface area contributed by atoms with Gasteiger partial charge in [-0.1, -0.05) is 47.0 Å². The number of aromatic nitrogens is 1. The maximum Gasteiger partial charge on any atom is 0.188 e. The van der Waals surface area contributed by atoms with Crippen molar-refractivity contribution in [1.82, 2.24) is 4.98 Å². The lowest BCUT2D eigenvalue weighted by Crippen LogP contribution is -1.91. The number of aryl methyl sites for hydroxylation is 3. The number of benzene rings is 2. The summed E-state index contributed by atoms with van der Waals surface area (Å²) in [4.78, 5) is 5.92. The van der Waals surface area contributed by atoms with Crippen LogP contribution in [0.25, 0.3) is 11.3 Å². The molecular formula is C18H16Cl2N2S. The fraction of sp³-hybridized carbons (Fsp3) is 0.167. The van der Waals surface area contributed by atoms with E-state index in [2.05, 4.69) is 44.3 Å². The fourth-order valence-corrected chi connectivity index (χ4v) is 3.78.